The molecule has 0 saturated carbocycles. The van der Waals surface area contributed by atoms with Crippen molar-refractivity contribution < 1.29 is 9.90 Å². The lowest BCUT2D eigenvalue weighted by Crippen LogP contribution is -2.21. The summed E-state index contributed by atoms with van der Waals surface area (Å²) in [5.41, 5.74) is 6.95. The molecule has 0 atom stereocenters. The van der Waals surface area contributed by atoms with E-state index in [4.69, 9.17) is 0 Å². The fourth-order valence-corrected chi connectivity index (χ4v) is 3.87. The zero-order valence-corrected chi connectivity index (χ0v) is 16.6. The molecule has 3 heteroatoms. The molecule has 144 valence electrons. The first kappa shape index (κ1) is 18.9. The van der Waals surface area contributed by atoms with Crippen molar-refractivity contribution in [1.29, 1.82) is 0 Å². The van der Waals surface area contributed by atoms with Crippen LogP contribution in [0, 0.1) is 0 Å². The van der Waals surface area contributed by atoms with Gasteiger partial charge in [-0.3, -0.25) is 4.98 Å². The van der Waals surface area contributed by atoms with Crippen LogP contribution in [0.5, 0.6) is 0 Å². The van der Waals surface area contributed by atoms with Gasteiger partial charge in [0, 0.05) is 18.0 Å². The topological polar surface area (TPSA) is 50.2 Å². The van der Waals surface area contributed by atoms with Crippen LogP contribution in [0.25, 0.3) is 17.7 Å². The molecule has 1 aromatic heterocycles. The maximum absolute atomic E-state index is 11.4. The van der Waals surface area contributed by atoms with Crippen molar-refractivity contribution in [2.45, 2.75) is 25.7 Å². The van der Waals surface area contributed by atoms with Gasteiger partial charge < -0.3 is 5.11 Å². The van der Waals surface area contributed by atoms with Gasteiger partial charge in [0.25, 0.3) is 0 Å². The third-order valence-corrected chi connectivity index (χ3v) is 5.50. The molecule has 0 fully saturated rings. The summed E-state index contributed by atoms with van der Waals surface area (Å²) in [4.78, 5) is 15.7. The number of hydrogen-bond donors (Lipinski definition) is 1. The van der Waals surface area contributed by atoms with Gasteiger partial charge in [0.2, 0.25) is 0 Å². The third kappa shape index (κ3) is 3.77. The lowest BCUT2D eigenvalue weighted by molar-refractivity contribution is 0.0696. The Bertz CT molecular complexity index is 1120. The van der Waals surface area contributed by atoms with Crippen LogP contribution in [0.1, 0.15) is 58.4 Å². The van der Waals surface area contributed by atoms with Crippen molar-refractivity contribution in [2.75, 3.05) is 0 Å². The van der Waals surface area contributed by atoms with E-state index in [1.807, 2.05) is 36.5 Å². The molecule has 4 rings (SSSR count). The number of nitrogens with zero attached hydrogens (tertiary/aromatic N) is 1. The van der Waals surface area contributed by atoms with Crippen molar-refractivity contribution in [3.63, 3.8) is 0 Å². The predicted molar refractivity (Wildman–Crippen MR) is 118 cm³/mol. The van der Waals surface area contributed by atoms with Gasteiger partial charge in [-0.1, -0.05) is 68.5 Å². The average molecular weight is 381 g/mol. The highest BCUT2D eigenvalue weighted by Gasteiger charge is 2.28. The summed E-state index contributed by atoms with van der Waals surface area (Å²) < 4.78 is 0. The third-order valence-electron chi connectivity index (χ3n) is 5.50. The summed E-state index contributed by atoms with van der Waals surface area (Å²) >= 11 is 0. The summed E-state index contributed by atoms with van der Waals surface area (Å²) in [6.45, 7) is 4.53. The van der Waals surface area contributed by atoms with Crippen LogP contribution in [0.3, 0.4) is 0 Å². The molecular formula is C26H23NO2. The number of rotatable bonds is 4. The highest BCUT2D eigenvalue weighted by molar-refractivity contribution is 5.93. The number of hydrogen-bond acceptors (Lipinski definition) is 2. The van der Waals surface area contributed by atoms with Crippen LogP contribution in [0.2, 0.25) is 0 Å². The number of fused-ring (bicyclic) bond motifs is 1. The Hall–Kier alpha value is -3.46. The van der Waals surface area contributed by atoms with E-state index >= 15 is 0 Å². The van der Waals surface area contributed by atoms with Crippen LogP contribution in [0.4, 0.5) is 0 Å². The van der Waals surface area contributed by atoms with Crippen molar-refractivity contribution in [1.82, 2.24) is 4.98 Å². The van der Waals surface area contributed by atoms with Gasteiger partial charge >= 0.3 is 5.97 Å². The van der Waals surface area contributed by atoms with Crippen molar-refractivity contribution in [3.05, 3.63) is 106 Å². The van der Waals surface area contributed by atoms with Gasteiger partial charge in [0.1, 0.15) is 0 Å². The zero-order chi connectivity index (χ0) is 20.4. The summed E-state index contributed by atoms with van der Waals surface area (Å²) in [6.07, 6.45) is 10.8. The zero-order valence-electron chi connectivity index (χ0n) is 16.6. The van der Waals surface area contributed by atoms with Crippen LogP contribution in [-0.2, 0) is 5.41 Å². The van der Waals surface area contributed by atoms with Gasteiger partial charge in [-0.05, 0) is 57.9 Å². The summed E-state index contributed by atoms with van der Waals surface area (Å²) in [6, 6.07) is 17.6. The lowest BCUT2D eigenvalue weighted by atomic mass is 9.72. The second-order valence-electron chi connectivity index (χ2n) is 7.98. The Balaban J connectivity index is 1.76. The number of pyridine rings is 1. The van der Waals surface area contributed by atoms with E-state index in [0.717, 1.165) is 17.5 Å². The van der Waals surface area contributed by atoms with Gasteiger partial charge in [0.15, 0.2) is 0 Å². The van der Waals surface area contributed by atoms with Crippen LogP contribution >= 0.6 is 0 Å². The maximum Gasteiger partial charge on any atom is 0.336 e. The normalized spacial score (nSPS) is 15.0. The number of carbonyl (C=O) groups is 1. The van der Waals surface area contributed by atoms with Crippen molar-refractivity contribution in [3.8, 4) is 0 Å². The Morgan fingerprint density at radius 3 is 2.66 bits per heavy atom. The molecule has 0 radical (unpaired) electrons. The number of aromatic nitrogens is 1. The van der Waals surface area contributed by atoms with Gasteiger partial charge in [-0.2, -0.15) is 0 Å². The van der Waals surface area contributed by atoms with E-state index in [1.54, 1.807) is 18.3 Å². The highest BCUT2D eigenvalue weighted by atomic mass is 16.4. The molecule has 0 spiro atoms. The molecule has 3 nitrogen and oxygen atoms in total. The molecule has 0 amide bonds. The van der Waals surface area contributed by atoms with E-state index in [9.17, 15) is 9.90 Å². The second-order valence-corrected chi connectivity index (χ2v) is 7.98. The molecule has 1 aliphatic rings. The lowest BCUT2D eigenvalue weighted by Gasteiger charge is -2.32. The molecule has 1 aliphatic carbocycles. The molecule has 3 aromatic rings. The minimum atomic E-state index is -0.917. The molecule has 29 heavy (non-hydrogen) atoms. The first-order valence-corrected chi connectivity index (χ1v) is 9.71. The van der Waals surface area contributed by atoms with Gasteiger partial charge in [-0.25, -0.2) is 4.79 Å². The maximum atomic E-state index is 11.4. The van der Waals surface area contributed by atoms with E-state index in [0.29, 0.717) is 11.1 Å². The first-order valence-electron chi connectivity index (χ1n) is 9.71. The molecule has 1 N–H and O–H groups in total. The van der Waals surface area contributed by atoms with E-state index in [2.05, 4.69) is 49.2 Å². The quantitative estimate of drug-likeness (QED) is 0.559. The van der Waals surface area contributed by atoms with Crippen LogP contribution < -0.4 is 0 Å². The fraction of sp³-hybridized carbons (Fsp3) is 0.154. The Morgan fingerprint density at radius 2 is 1.90 bits per heavy atom. The monoisotopic (exact) mass is 381 g/mol. The number of aromatic carboxylic acids is 1. The summed E-state index contributed by atoms with van der Waals surface area (Å²) in [7, 11) is 0. The summed E-state index contributed by atoms with van der Waals surface area (Å²) in [5.74, 6) is -0.917. The van der Waals surface area contributed by atoms with Gasteiger partial charge in [-0.15, -0.1) is 0 Å². The van der Waals surface area contributed by atoms with Crippen LogP contribution in [-0.4, -0.2) is 16.1 Å². The minimum Gasteiger partial charge on any atom is -0.478 e. The highest BCUT2D eigenvalue weighted by Crippen LogP contribution is 2.41. The average Bonchev–Trinajstić information content (AvgIpc) is 2.73. The predicted octanol–water partition coefficient (Wildman–Crippen LogP) is 6.06. The molecule has 0 unspecified atom stereocenters. The second kappa shape index (κ2) is 7.51. The largest absolute Gasteiger partial charge is 0.478 e. The number of allylic oxidation sites excluding steroid dienone is 1. The van der Waals surface area contributed by atoms with Crippen LogP contribution in [0.15, 0.2) is 73.1 Å². The number of benzene rings is 2. The molecule has 0 aliphatic heterocycles. The number of carboxylic acids is 1. The van der Waals surface area contributed by atoms with Crippen molar-refractivity contribution >= 4 is 23.7 Å². The SMILES string of the molecule is CC1(C)CC=C(c2cccnc2)c2cc(/C=C/c3ccccc3C(=O)O)ccc21. The van der Waals surface area contributed by atoms with E-state index in [-0.39, 0.29) is 5.41 Å². The summed E-state index contributed by atoms with van der Waals surface area (Å²) in [5, 5.41) is 9.39. The molecule has 0 saturated heterocycles. The molecule has 1 heterocycles. The Morgan fingerprint density at radius 1 is 1.07 bits per heavy atom. The fourth-order valence-electron chi connectivity index (χ4n) is 3.87. The van der Waals surface area contributed by atoms with E-state index < -0.39 is 5.97 Å². The van der Waals surface area contributed by atoms with Crippen molar-refractivity contribution in [2.24, 2.45) is 0 Å². The molecule has 2 aromatic carbocycles. The minimum absolute atomic E-state index is 0.0686. The van der Waals surface area contributed by atoms with E-state index in [1.165, 1.54) is 16.7 Å². The number of carboxylic acid groups (broad SMARTS) is 1. The Kier molecular flexibility index (Phi) is 4.89. The Labute approximate surface area is 171 Å². The molecule has 0 bridgehead atoms. The first-order chi connectivity index (χ1) is 14.0. The standard InChI is InChI=1S/C26H23NO2/c1-26(2)14-13-21(20-7-5-15-27-17-20)23-16-18(10-12-24(23)26)9-11-19-6-3-4-8-22(19)25(28)29/h3-13,15-17H,14H2,1-2H3,(H,28,29)/b11-9+. The smallest absolute Gasteiger partial charge is 0.336 e. The molecular weight excluding hydrogens is 358 g/mol. The van der Waals surface area contributed by atoms with Gasteiger partial charge in [0.05, 0.1) is 5.56 Å².